The molecule has 1 saturated heterocycles. The number of carbonyl (C=O) groups excluding carboxylic acids is 1. The number of nitrogens with two attached hydrogens (primary N) is 1. The first-order valence-corrected chi connectivity index (χ1v) is 3.84. The van der Waals surface area contributed by atoms with E-state index in [9.17, 15) is 4.79 Å². The van der Waals surface area contributed by atoms with E-state index in [1.54, 1.807) is 7.05 Å². The lowest BCUT2D eigenvalue weighted by Gasteiger charge is -2.05. The molecular formula is C7H13N3O2. The summed E-state index contributed by atoms with van der Waals surface area (Å²) in [5.74, 6) is 0.139. The van der Waals surface area contributed by atoms with E-state index in [-0.39, 0.29) is 18.0 Å². The highest BCUT2D eigenvalue weighted by atomic mass is 16.6. The Labute approximate surface area is 71.0 Å². The van der Waals surface area contributed by atoms with Crippen LogP contribution >= 0.6 is 0 Å². The highest BCUT2D eigenvalue weighted by Gasteiger charge is 2.27. The fraction of sp³-hybridized carbons (Fsp3) is 0.714. The van der Waals surface area contributed by atoms with Crippen molar-refractivity contribution in [1.82, 2.24) is 4.90 Å². The van der Waals surface area contributed by atoms with Gasteiger partial charge in [0.05, 0.1) is 12.4 Å². The van der Waals surface area contributed by atoms with Gasteiger partial charge < -0.3 is 15.4 Å². The summed E-state index contributed by atoms with van der Waals surface area (Å²) in [4.78, 5) is 12.4. The fourth-order valence-corrected chi connectivity index (χ4v) is 1.12. The lowest BCUT2D eigenvalue weighted by atomic mass is 10.2. The molecule has 1 aliphatic rings. The third kappa shape index (κ3) is 2.11. The molecule has 0 aromatic rings. The molecule has 0 bridgehead atoms. The molecule has 5 nitrogen and oxygen atoms in total. The minimum absolute atomic E-state index is 0.0913. The van der Waals surface area contributed by atoms with E-state index in [0.717, 1.165) is 0 Å². The topological polar surface area (TPSA) is 79.4 Å². The number of cyclic esters (lactones) is 1. The molecule has 1 heterocycles. The Balaban J connectivity index is 2.28. The van der Waals surface area contributed by atoms with Crippen LogP contribution < -0.4 is 5.73 Å². The van der Waals surface area contributed by atoms with Crippen molar-refractivity contribution in [2.75, 3.05) is 13.6 Å². The molecule has 1 amide bonds. The maximum atomic E-state index is 10.8. The van der Waals surface area contributed by atoms with Gasteiger partial charge in [0.2, 0.25) is 0 Å². The van der Waals surface area contributed by atoms with Crippen molar-refractivity contribution in [3.05, 3.63) is 0 Å². The number of likely N-dealkylation sites (N-methyl/N-ethyl adjacent to an activating group) is 1. The predicted octanol–water partition coefficient (Wildman–Crippen LogP) is 0.153. The van der Waals surface area contributed by atoms with Crippen molar-refractivity contribution in [3.8, 4) is 0 Å². The third-order valence-corrected chi connectivity index (χ3v) is 1.79. The van der Waals surface area contributed by atoms with Crippen molar-refractivity contribution in [2.45, 2.75) is 18.9 Å². The molecule has 0 radical (unpaired) electrons. The molecule has 5 heteroatoms. The molecular weight excluding hydrogens is 158 g/mol. The third-order valence-electron chi connectivity index (χ3n) is 1.79. The number of rotatable bonds is 3. The Morgan fingerprint density at radius 1 is 1.92 bits per heavy atom. The minimum Gasteiger partial charge on any atom is -0.444 e. The molecule has 1 rings (SSSR count). The molecule has 1 atom stereocenters. The van der Waals surface area contributed by atoms with Crippen LogP contribution in [0.15, 0.2) is 0 Å². The van der Waals surface area contributed by atoms with Crippen LogP contribution in [-0.4, -0.2) is 36.5 Å². The molecule has 12 heavy (non-hydrogen) atoms. The van der Waals surface area contributed by atoms with Gasteiger partial charge in [-0.3, -0.25) is 5.41 Å². The average Bonchev–Trinajstić information content (AvgIpc) is 2.28. The molecule has 3 N–H and O–H groups in total. The van der Waals surface area contributed by atoms with Gasteiger partial charge in [-0.15, -0.1) is 0 Å². The second kappa shape index (κ2) is 3.42. The Bertz CT molecular complexity index is 205. The van der Waals surface area contributed by atoms with Crippen LogP contribution in [-0.2, 0) is 4.74 Å². The molecule has 0 aromatic heterocycles. The summed E-state index contributed by atoms with van der Waals surface area (Å²) in [6.07, 6.45) is 0.756. The minimum atomic E-state index is -0.288. The van der Waals surface area contributed by atoms with Crippen LogP contribution in [0.2, 0.25) is 0 Å². The van der Waals surface area contributed by atoms with Gasteiger partial charge in [0.15, 0.2) is 0 Å². The first-order valence-electron chi connectivity index (χ1n) is 3.84. The first-order chi connectivity index (χ1) is 5.59. The van der Waals surface area contributed by atoms with Crippen LogP contribution in [0, 0.1) is 5.41 Å². The van der Waals surface area contributed by atoms with Crippen molar-refractivity contribution < 1.29 is 9.53 Å². The monoisotopic (exact) mass is 171 g/mol. The summed E-state index contributed by atoms with van der Waals surface area (Å²) < 4.78 is 4.96. The maximum Gasteiger partial charge on any atom is 0.409 e. The van der Waals surface area contributed by atoms with E-state index >= 15 is 0 Å². The van der Waals surface area contributed by atoms with Gasteiger partial charge in [0.1, 0.15) is 6.10 Å². The second-order valence-electron chi connectivity index (χ2n) is 2.95. The van der Waals surface area contributed by atoms with E-state index in [1.165, 1.54) is 4.90 Å². The SMILES string of the molecule is CN1C[C@H](CCC(=N)N)OC1=O. The van der Waals surface area contributed by atoms with Crippen molar-refractivity contribution in [1.29, 1.82) is 5.41 Å². The summed E-state index contributed by atoms with van der Waals surface area (Å²) in [6.45, 7) is 0.603. The van der Waals surface area contributed by atoms with Crippen molar-refractivity contribution in [3.63, 3.8) is 0 Å². The summed E-state index contributed by atoms with van der Waals surface area (Å²) in [7, 11) is 1.69. The van der Waals surface area contributed by atoms with Gasteiger partial charge in [0, 0.05) is 13.5 Å². The zero-order chi connectivity index (χ0) is 9.14. The Morgan fingerprint density at radius 3 is 3.00 bits per heavy atom. The summed E-state index contributed by atoms with van der Waals surface area (Å²) >= 11 is 0. The van der Waals surface area contributed by atoms with Crippen LogP contribution in [0.3, 0.4) is 0 Å². The number of hydrogen-bond donors (Lipinski definition) is 2. The first kappa shape index (κ1) is 8.83. The molecule has 0 aliphatic carbocycles. The van der Waals surface area contributed by atoms with Crippen LogP contribution in [0.5, 0.6) is 0 Å². The lowest BCUT2D eigenvalue weighted by molar-refractivity contribution is 0.131. The zero-order valence-electron chi connectivity index (χ0n) is 7.04. The largest absolute Gasteiger partial charge is 0.444 e. The molecule has 0 aromatic carbocycles. The number of nitrogens with one attached hydrogen (secondary N) is 1. The highest BCUT2D eigenvalue weighted by molar-refractivity contribution is 5.77. The number of amidine groups is 1. The quantitative estimate of drug-likeness (QED) is 0.468. The fourth-order valence-electron chi connectivity index (χ4n) is 1.12. The van der Waals surface area contributed by atoms with E-state index in [2.05, 4.69) is 0 Å². The highest BCUT2D eigenvalue weighted by Crippen LogP contribution is 2.12. The molecule has 68 valence electrons. The van der Waals surface area contributed by atoms with Gasteiger partial charge in [0.25, 0.3) is 0 Å². The Kier molecular flexibility index (Phi) is 2.52. The predicted molar refractivity (Wildman–Crippen MR) is 44.0 cm³/mol. The zero-order valence-corrected chi connectivity index (χ0v) is 7.04. The van der Waals surface area contributed by atoms with E-state index in [1.807, 2.05) is 0 Å². The van der Waals surface area contributed by atoms with E-state index < -0.39 is 0 Å². The van der Waals surface area contributed by atoms with E-state index in [4.69, 9.17) is 15.9 Å². The molecule has 0 spiro atoms. The van der Waals surface area contributed by atoms with Gasteiger partial charge in [-0.05, 0) is 6.42 Å². The summed E-state index contributed by atoms with van der Waals surface area (Å²) in [6, 6.07) is 0. The van der Waals surface area contributed by atoms with E-state index in [0.29, 0.717) is 19.4 Å². The van der Waals surface area contributed by atoms with Gasteiger partial charge in [-0.25, -0.2) is 4.79 Å². The average molecular weight is 171 g/mol. The standard InChI is InChI=1S/C7H13N3O2/c1-10-4-5(12-7(10)11)2-3-6(8)9/h5H,2-4H2,1H3,(H3,8,9)/t5-/m0/s1. The maximum absolute atomic E-state index is 10.8. The number of ether oxygens (including phenoxy) is 1. The number of amides is 1. The van der Waals surface area contributed by atoms with Crippen LogP contribution in [0.25, 0.3) is 0 Å². The van der Waals surface area contributed by atoms with Gasteiger partial charge in [-0.1, -0.05) is 0 Å². The van der Waals surface area contributed by atoms with Crippen LogP contribution in [0.1, 0.15) is 12.8 Å². The van der Waals surface area contributed by atoms with Crippen molar-refractivity contribution in [2.24, 2.45) is 5.73 Å². The number of hydrogen-bond acceptors (Lipinski definition) is 3. The van der Waals surface area contributed by atoms with Gasteiger partial charge in [-0.2, -0.15) is 0 Å². The van der Waals surface area contributed by atoms with Crippen molar-refractivity contribution >= 4 is 11.9 Å². The smallest absolute Gasteiger partial charge is 0.409 e. The molecule has 1 fully saturated rings. The Morgan fingerprint density at radius 2 is 2.58 bits per heavy atom. The normalized spacial score (nSPS) is 22.6. The molecule has 1 aliphatic heterocycles. The summed E-state index contributed by atoms with van der Waals surface area (Å²) in [5, 5.41) is 6.98. The number of nitrogens with zero attached hydrogens (tertiary/aromatic N) is 1. The second-order valence-corrected chi connectivity index (χ2v) is 2.95. The summed E-state index contributed by atoms with van der Waals surface area (Å²) in [5.41, 5.74) is 5.17. The lowest BCUT2D eigenvalue weighted by Crippen LogP contribution is -2.20. The Hall–Kier alpha value is -1.26. The van der Waals surface area contributed by atoms with Gasteiger partial charge >= 0.3 is 6.09 Å². The number of carbonyl (C=O) groups is 1. The van der Waals surface area contributed by atoms with Crippen LogP contribution in [0.4, 0.5) is 4.79 Å². The molecule has 0 saturated carbocycles. The molecule has 0 unspecified atom stereocenters.